The van der Waals surface area contributed by atoms with E-state index >= 15 is 0 Å². The van der Waals surface area contributed by atoms with Crippen LogP contribution in [0.5, 0.6) is 5.75 Å². The maximum absolute atomic E-state index is 13.1. The Morgan fingerprint density at radius 2 is 1.56 bits per heavy atom. The summed E-state index contributed by atoms with van der Waals surface area (Å²) in [5.74, 6) is 0.00808. The van der Waals surface area contributed by atoms with Crippen LogP contribution in [0.4, 0.5) is 0 Å². The number of sulfonamides is 1. The molecule has 7 heteroatoms. The molecule has 0 unspecified atom stereocenters. The number of para-hydroxylation sites is 1. The average Bonchev–Trinajstić information content (AvgIpc) is 2.88. The number of nitrogens with one attached hydrogen (secondary N) is 1. The zero-order valence-electron chi connectivity index (χ0n) is 19.9. The maximum atomic E-state index is 13.1. The lowest BCUT2D eigenvalue weighted by atomic mass is 9.92. The molecular formula is C29H26ClNO4S. The molecule has 4 rings (SSSR count). The predicted molar refractivity (Wildman–Crippen MR) is 143 cm³/mol. The lowest BCUT2D eigenvalue weighted by Crippen LogP contribution is -2.31. The number of ether oxygens (including phenoxy) is 1. The van der Waals surface area contributed by atoms with Crippen LogP contribution in [0.1, 0.15) is 41.3 Å². The first-order valence-electron chi connectivity index (χ1n) is 11.5. The SMILES string of the molecule is CC(C)c1cc(-c2ccccc2OCc2ccccc2)ccc1C(=O)NS(=O)(=O)c1ccc(Cl)cc1. The second-order valence-electron chi connectivity index (χ2n) is 8.62. The van der Waals surface area contributed by atoms with E-state index in [0.29, 0.717) is 17.2 Å². The predicted octanol–water partition coefficient (Wildman–Crippen LogP) is 6.83. The Bertz CT molecular complexity index is 1470. The van der Waals surface area contributed by atoms with Gasteiger partial charge in [0.1, 0.15) is 12.4 Å². The van der Waals surface area contributed by atoms with Gasteiger partial charge in [-0.2, -0.15) is 0 Å². The van der Waals surface area contributed by atoms with Crippen LogP contribution in [-0.4, -0.2) is 14.3 Å². The van der Waals surface area contributed by atoms with Crippen molar-refractivity contribution in [2.45, 2.75) is 31.3 Å². The molecule has 0 spiro atoms. The largest absolute Gasteiger partial charge is 0.488 e. The Morgan fingerprint density at radius 3 is 2.25 bits per heavy atom. The van der Waals surface area contributed by atoms with Crippen LogP contribution in [0, 0.1) is 0 Å². The first-order chi connectivity index (χ1) is 17.2. The van der Waals surface area contributed by atoms with Crippen molar-refractivity contribution in [3.8, 4) is 16.9 Å². The van der Waals surface area contributed by atoms with Crippen LogP contribution in [-0.2, 0) is 16.6 Å². The molecule has 0 aliphatic carbocycles. The van der Waals surface area contributed by atoms with Crippen LogP contribution >= 0.6 is 11.6 Å². The number of carbonyl (C=O) groups is 1. The summed E-state index contributed by atoms with van der Waals surface area (Å²) in [5.41, 5.74) is 3.85. The Balaban J connectivity index is 1.62. The highest BCUT2D eigenvalue weighted by Crippen LogP contribution is 2.33. The van der Waals surface area contributed by atoms with Gasteiger partial charge in [0.15, 0.2) is 0 Å². The molecule has 4 aromatic carbocycles. The number of hydrogen-bond acceptors (Lipinski definition) is 4. The molecular weight excluding hydrogens is 494 g/mol. The quantitative estimate of drug-likeness (QED) is 0.277. The molecule has 1 N–H and O–H groups in total. The van der Waals surface area contributed by atoms with Crippen molar-refractivity contribution in [2.24, 2.45) is 0 Å². The maximum Gasteiger partial charge on any atom is 0.265 e. The van der Waals surface area contributed by atoms with Gasteiger partial charge in [-0.1, -0.05) is 80.0 Å². The Kier molecular flexibility index (Phi) is 7.77. The fourth-order valence-electron chi connectivity index (χ4n) is 3.83. The van der Waals surface area contributed by atoms with Crippen molar-refractivity contribution >= 4 is 27.5 Å². The third-order valence-corrected chi connectivity index (χ3v) is 7.30. The van der Waals surface area contributed by atoms with E-state index in [0.717, 1.165) is 28.0 Å². The number of hydrogen-bond donors (Lipinski definition) is 1. The summed E-state index contributed by atoms with van der Waals surface area (Å²) in [6.45, 7) is 4.35. The number of carbonyl (C=O) groups excluding carboxylic acids is 1. The Labute approximate surface area is 216 Å². The van der Waals surface area contributed by atoms with Crippen LogP contribution in [0.2, 0.25) is 5.02 Å². The van der Waals surface area contributed by atoms with Crippen molar-refractivity contribution in [2.75, 3.05) is 0 Å². The smallest absolute Gasteiger partial charge is 0.265 e. The van der Waals surface area contributed by atoms with E-state index in [4.69, 9.17) is 16.3 Å². The van der Waals surface area contributed by atoms with Gasteiger partial charge in [0.05, 0.1) is 4.90 Å². The molecule has 0 aliphatic rings. The standard InChI is InChI=1S/C29H26ClNO4S/c1-20(2)27-18-22(25-10-6-7-11-28(25)35-19-21-8-4-3-5-9-21)12-17-26(27)29(32)31-36(33,34)24-15-13-23(30)14-16-24/h3-18,20H,19H2,1-2H3,(H,31,32). The Morgan fingerprint density at radius 1 is 0.889 bits per heavy atom. The highest BCUT2D eigenvalue weighted by Gasteiger charge is 2.22. The molecule has 5 nitrogen and oxygen atoms in total. The summed E-state index contributed by atoms with van der Waals surface area (Å²) in [4.78, 5) is 13.0. The van der Waals surface area contributed by atoms with Gasteiger partial charge in [-0.15, -0.1) is 0 Å². The minimum atomic E-state index is -4.05. The van der Waals surface area contributed by atoms with Crippen LogP contribution in [0.25, 0.3) is 11.1 Å². The molecule has 36 heavy (non-hydrogen) atoms. The van der Waals surface area contributed by atoms with Crippen molar-refractivity contribution in [3.05, 3.63) is 119 Å². The summed E-state index contributed by atoms with van der Waals surface area (Å²) in [6, 6.07) is 28.6. The second kappa shape index (κ2) is 11.0. The molecule has 0 atom stereocenters. The minimum Gasteiger partial charge on any atom is -0.488 e. The molecule has 0 saturated heterocycles. The molecule has 0 saturated carbocycles. The minimum absolute atomic E-state index is 0.0265. The third kappa shape index (κ3) is 5.96. The van der Waals surface area contributed by atoms with Crippen LogP contribution in [0.15, 0.2) is 102 Å². The van der Waals surface area contributed by atoms with Crippen molar-refractivity contribution in [1.82, 2.24) is 4.72 Å². The van der Waals surface area contributed by atoms with Gasteiger partial charge >= 0.3 is 0 Å². The fourth-order valence-corrected chi connectivity index (χ4v) is 4.92. The van der Waals surface area contributed by atoms with Gasteiger partial charge < -0.3 is 4.74 Å². The molecule has 4 aromatic rings. The number of rotatable bonds is 8. The summed E-state index contributed by atoms with van der Waals surface area (Å²) in [5, 5.41) is 0.408. The summed E-state index contributed by atoms with van der Waals surface area (Å²) in [7, 11) is -4.05. The lowest BCUT2D eigenvalue weighted by Gasteiger charge is -2.17. The molecule has 184 valence electrons. The zero-order chi connectivity index (χ0) is 25.7. The molecule has 0 heterocycles. The highest BCUT2D eigenvalue weighted by molar-refractivity contribution is 7.90. The summed E-state index contributed by atoms with van der Waals surface area (Å²) in [6.07, 6.45) is 0. The topological polar surface area (TPSA) is 72.5 Å². The van der Waals surface area contributed by atoms with Crippen molar-refractivity contribution in [1.29, 1.82) is 0 Å². The normalized spacial score (nSPS) is 11.3. The number of benzene rings is 4. The van der Waals surface area contributed by atoms with Crippen molar-refractivity contribution < 1.29 is 17.9 Å². The molecule has 0 fully saturated rings. The second-order valence-corrected chi connectivity index (χ2v) is 10.7. The van der Waals surface area contributed by atoms with Gasteiger partial charge in [0, 0.05) is 16.1 Å². The average molecular weight is 520 g/mol. The van der Waals surface area contributed by atoms with Gasteiger partial charge in [-0.3, -0.25) is 4.79 Å². The van der Waals surface area contributed by atoms with E-state index in [-0.39, 0.29) is 10.8 Å². The molecule has 0 radical (unpaired) electrons. The summed E-state index contributed by atoms with van der Waals surface area (Å²) >= 11 is 5.86. The molecule has 1 amide bonds. The van der Waals surface area contributed by atoms with Gasteiger partial charge in [0.2, 0.25) is 0 Å². The number of amides is 1. The zero-order valence-corrected chi connectivity index (χ0v) is 21.5. The molecule has 0 aromatic heterocycles. The van der Waals surface area contributed by atoms with Crippen molar-refractivity contribution in [3.63, 3.8) is 0 Å². The first kappa shape index (κ1) is 25.5. The van der Waals surface area contributed by atoms with E-state index in [9.17, 15) is 13.2 Å². The Hall–Kier alpha value is -3.61. The summed E-state index contributed by atoms with van der Waals surface area (Å²) < 4.78 is 33.8. The monoisotopic (exact) mass is 519 g/mol. The van der Waals surface area contributed by atoms with Gasteiger partial charge in [-0.05, 0) is 65.1 Å². The van der Waals surface area contributed by atoms with E-state index < -0.39 is 15.9 Å². The highest BCUT2D eigenvalue weighted by atomic mass is 35.5. The number of halogens is 1. The molecule has 0 bridgehead atoms. The molecule has 0 aliphatic heterocycles. The third-order valence-electron chi connectivity index (χ3n) is 5.70. The van der Waals surface area contributed by atoms with Gasteiger partial charge in [0.25, 0.3) is 15.9 Å². The lowest BCUT2D eigenvalue weighted by molar-refractivity contribution is 0.0980. The first-order valence-corrected chi connectivity index (χ1v) is 13.3. The fraction of sp³-hybridized carbons (Fsp3) is 0.138. The van der Waals surface area contributed by atoms with Crippen LogP contribution in [0.3, 0.4) is 0 Å². The van der Waals surface area contributed by atoms with E-state index in [1.54, 1.807) is 12.1 Å². The van der Waals surface area contributed by atoms with Gasteiger partial charge in [-0.25, -0.2) is 13.1 Å². The van der Waals surface area contributed by atoms with Crippen LogP contribution < -0.4 is 9.46 Å². The van der Waals surface area contributed by atoms with E-state index in [1.165, 1.54) is 24.3 Å². The van der Waals surface area contributed by atoms with E-state index in [2.05, 4.69) is 4.72 Å². The van der Waals surface area contributed by atoms with E-state index in [1.807, 2.05) is 74.5 Å².